The lowest BCUT2D eigenvalue weighted by Crippen LogP contribution is -2.48. The van der Waals surface area contributed by atoms with E-state index in [0.29, 0.717) is 41.7 Å². The van der Waals surface area contributed by atoms with Crippen LogP contribution in [0.2, 0.25) is 0 Å². The molecule has 0 bridgehead atoms. The molecule has 1 heterocycles. The molecule has 2 atom stereocenters. The molecule has 208 valence electrons. The predicted molar refractivity (Wildman–Crippen MR) is 147 cm³/mol. The highest BCUT2D eigenvalue weighted by Crippen LogP contribution is 2.46. The summed E-state index contributed by atoms with van der Waals surface area (Å²) in [5, 5.41) is 3.13. The first-order valence-electron chi connectivity index (χ1n) is 13.2. The zero-order chi connectivity index (χ0) is 27.7. The van der Waals surface area contributed by atoms with Crippen molar-refractivity contribution in [2.45, 2.75) is 39.2 Å². The summed E-state index contributed by atoms with van der Waals surface area (Å²) >= 11 is 0. The molecule has 1 fully saturated rings. The van der Waals surface area contributed by atoms with E-state index in [2.05, 4.69) is 24.1 Å². The number of hydrogen-bond donors (Lipinski definition) is 1. The second-order valence-electron chi connectivity index (χ2n) is 9.18. The maximum atomic E-state index is 13.6. The van der Waals surface area contributed by atoms with E-state index >= 15 is 0 Å². The van der Waals surface area contributed by atoms with Crippen LogP contribution in [0.25, 0.3) is 0 Å². The average Bonchev–Trinajstić information content (AvgIpc) is 2.96. The molecule has 0 radical (unpaired) electrons. The van der Waals surface area contributed by atoms with E-state index in [1.807, 2.05) is 24.3 Å². The van der Waals surface area contributed by atoms with Gasteiger partial charge in [-0.3, -0.25) is 9.59 Å². The van der Waals surface area contributed by atoms with Gasteiger partial charge in [0, 0.05) is 25.1 Å². The molecule has 0 spiro atoms. The molecule has 2 aromatic carbocycles. The molecule has 1 saturated heterocycles. The SMILES string of the molecule is CCN(CC)CCCNC(=O)[C@@H]1CCC(=O)N(c2cc(OC)c(OC)c(OC)c2)[C@@H]1c1ccc(OC)cc1. The van der Waals surface area contributed by atoms with Crippen molar-refractivity contribution in [3.8, 4) is 23.0 Å². The molecule has 0 unspecified atom stereocenters. The highest BCUT2D eigenvalue weighted by Gasteiger charge is 2.42. The Morgan fingerprint density at radius 2 is 1.61 bits per heavy atom. The summed E-state index contributed by atoms with van der Waals surface area (Å²) in [5.74, 6) is 1.44. The smallest absolute Gasteiger partial charge is 0.227 e. The predicted octanol–water partition coefficient (Wildman–Crippen LogP) is 4.05. The van der Waals surface area contributed by atoms with Crippen LogP contribution in [-0.4, -0.2) is 71.3 Å². The Morgan fingerprint density at radius 1 is 0.974 bits per heavy atom. The minimum Gasteiger partial charge on any atom is -0.497 e. The van der Waals surface area contributed by atoms with Crippen LogP contribution in [0.4, 0.5) is 5.69 Å². The number of carbonyl (C=O) groups is 2. The quantitative estimate of drug-likeness (QED) is 0.393. The minimum atomic E-state index is -0.521. The van der Waals surface area contributed by atoms with E-state index < -0.39 is 12.0 Å². The van der Waals surface area contributed by atoms with Gasteiger partial charge in [0.25, 0.3) is 0 Å². The summed E-state index contributed by atoms with van der Waals surface area (Å²) in [6, 6.07) is 10.5. The van der Waals surface area contributed by atoms with Crippen LogP contribution in [0.1, 0.15) is 44.7 Å². The number of piperidine rings is 1. The van der Waals surface area contributed by atoms with Crippen LogP contribution in [0, 0.1) is 5.92 Å². The van der Waals surface area contributed by atoms with Gasteiger partial charge in [0.15, 0.2) is 11.5 Å². The third kappa shape index (κ3) is 6.51. The van der Waals surface area contributed by atoms with Gasteiger partial charge in [-0.25, -0.2) is 0 Å². The van der Waals surface area contributed by atoms with Gasteiger partial charge < -0.3 is 34.1 Å². The number of nitrogens with zero attached hydrogens (tertiary/aromatic N) is 2. The fraction of sp³-hybridized carbons (Fsp3) is 0.517. The van der Waals surface area contributed by atoms with Gasteiger partial charge in [-0.1, -0.05) is 26.0 Å². The topological polar surface area (TPSA) is 89.6 Å². The maximum absolute atomic E-state index is 13.6. The largest absolute Gasteiger partial charge is 0.497 e. The van der Waals surface area contributed by atoms with Crippen LogP contribution in [0.5, 0.6) is 23.0 Å². The second-order valence-corrected chi connectivity index (χ2v) is 9.18. The molecule has 0 aliphatic carbocycles. The Hall–Kier alpha value is -3.46. The Bertz CT molecular complexity index is 1050. The number of nitrogens with one attached hydrogen (secondary N) is 1. The van der Waals surface area contributed by atoms with Crippen molar-refractivity contribution in [2.24, 2.45) is 5.92 Å². The Morgan fingerprint density at radius 3 is 2.13 bits per heavy atom. The highest BCUT2D eigenvalue weighted by molar-refractivity contribution is 5.98. The molecule has 1 N–H and O–H groups in total. The van der Waals surface area contributed by atoms with Crippen molar-refractivity contribution in [1.82, 2.24) is 10.2 Å². The molecule has 38 heavy (non-hydrogen) atoms. The monoisotopic (exact) mass is 527 g/mol. The number of anilines is 1. The number of ether oxygens (including phenoxy) is 4. The van der Waals surface area contributed by atoms with Crippen molar-refractivity contribution in [3.63, 3.8) is 0 Å². The van der Waals surface area contributed by atoms with Crippen molar-refractivity contribution in [1.29, 1.82) is 0 Å². The zero-order valence-electron chi connectivity index (χ0n) is 23.4. The first-order chi connectivity index (χ1) is 18.4. The maximum Gasteiger partial charge on any atom is 0.227 e. The minimum absolute atomic E-state index is 0.0599. The fourth-order valence-electron chi connectivity index (χ4n) is 5.05. The lowest BCUT2D eigenvalue weighted by atomic mass is 9.83. The molecule has 1 aliphatic heterocycles. The number of methoxy groups -OCH3 is 4. The van der Waals surface area contributed by atoms with Crippen LogP contribution in [-0.2, 0) is 9.59 Å². The third-order valence-corrected chi connectivity index (χ3v) is 7.16. The van der Waals surface area contributed by atoms with Gasteiger partial charge in [0.2, 0.25) is 17.6 Å². The van der Waals surface area contributed by atoms with Crippen LogP contribution >= 0.6 is 0 Å². The number of amides is 2. The van der Waals surface area contributed by atoms with Crippen LogP contribution in [0.15, 0.2) is 36.4 Å². The van der Waals surface area contributed by atoms with E-state index in [9.17, 15) is 9.59 Å². The summed E-state index contributed by atoms with van der Waals surface area (Å²) < 4.78 is 21.9. The van der Waals surface area contributed by atoms with Crippen molar-refractivity contribution < 1.29 is 28.5 Å². The molecule has 9 heteroatoms. The molecule has 0 saturated carbocycles. The van der Waals surface area contributed by atoms with E-state index in [-0.39, 0.29) is 18.2 Å². The lowest BCUT2D eigenvalue weighted by molar-refractivity contribution is -0.129. The fourth-order valence-corrected chi connectivity index (χ4v) is 5.05. The molecule has 1 aliphatic rings. The normalized spacial score (nSPS) is 17.3. The van der Waals surface area contributed by atoms with E-state index in [4.69, 9.17) is 18.9 Å². The van der Waals surface area contributed by atoms with Crippen LogP contribution < -0.4 is 29.2 Å². The standard InChI is InChI=1S/C29H41N3O6/c1-7-31(8-2)17-9-16-30-29(34)23-14-15-26(33)32(27(23)20-10-12-22(35-3)13-11-20)21-18-24(36-4)28(38-6)25(19-21)37-5/h10-13,18-19,23,27H,7-9,14-17H2,1-6H3,(H,30,34)/t23-,27-/m1/s1. The number of benzene rings is 2. The average molecular weight is 528 g/mol. The summed E-state index contributed by atoms with van der Waals surface area (Å²) in [5.41, 5.74) is 1.42. The first kappa shape index (κ1) is 29.1. The van der Waals surface area contributed by atoms with Gasteiger partial charge >= 0.3 is 0 Å². The van der Waals surface area contributed by atoms with Gasteiger partial charge in [-0.2, -0.15) is 0 Å². The Balaban J connectivity index is 1.98. The van der Waals surface area contributed by atoms with Crippen molar-refractivity contribution in [3.05, 3.63) is 42.0 Å². The summed E-state index contributed by atoms with van der Waals surface area (Å²) in [6.45, 7) is 7.75. The summed E-state index contributed by atoms with van der Waals surface area (Å²) in [7, 11) is 6.21. The van der Waals surface area contributed by atoms with Gasteiger partial charge in [0.1, 0.15) is 5.75 Å². The second kappa shape index (κ2) is 13.9. The Labute approximate surface area is 226 Å². The van der Waals surface area contributed by atoms with Crippen LogP contribution in [0.3, 0.4) is 0 Å². The number of rotatable bonds is 13. The number of hydrogen-bond acceptors (Lipinski definition) is 7. The molecule has 2 amide bonds. The van der Waals surface area contributed by atoms with Gasteiger partial charge in [0.05, 0.1) is 46.1 Å². The van der Waals surface area contributed by atoms with Gasteiger partial charge in [-0.05, 0) is 50.2 Å². The summed E-state index contributed by atoms with van der Waals surface area (Å²) in [4.78, 5) is 31.1. The van der Waals surface area contributed by atoms with Crippen molar-refractivity contribution >= 4 is 17.5 Å². The zero-order valence-corrected chi connectivity index (χ0v) is 23.4. The first-order valence-corrected chi connectivity index (χ1v) is 13.2. The molecule has 3 rings (SSSR count). The summed E-state index contributed by atoms with van der Waals surface area (Å²) in [6.07, 6.45) is 1.57. The van der Waals surface area contributed by atoms with Crippen molar-refractivity contribution in [2.75, 3.05) is 59.5 Å². The van der Waals surface area contributed by atoms with E-state index in [0.717, 1.165) is 31.6 Å². The number of carbonyl (C=O) groups excluding carboxylic acids is 2. The van der Waals surface area contributed by atoms with Gasteiger partial charge in [-0.15, -0.1) is 0 Å². The van der Waals surface area contributed by atoms with E-state index in [1.165, 1.54) is 21.3 Å². The lowest BCUT2D eigenvalue weighted by Gasteiger charge is -2.41. The Kier molecular flexibility index (Phi) is 10.6. The molecule has 9 nitrogen and oxygen atoms in total. The molecule has 0 aromatic heterocycles. The third-order valence-electron chi connectivity index (χ3n) is 7.16. The molecule has 2 aromatic rings. The molecular formula is C29H41N3O6. The molecular weight excluding hydrogens is 486 g/mol. The highest BCUT2D eigenvalue weighted by atomic mass is 16.5. The van der Waals surface area contributed by atoms with E-state index in [1.54, 1.807) is 24.1 Å².